The van der Waals surface area contributed by atoms with Gasteiger partial charge in [0, 0.05) is 6.42 Å². The molecule has 1 aromatic rings. The average molecular weight is 265 g/mol. The highest BCUT2D eigenvalue weighted by Crippen LogP contribution is 2.32. The Morgan fingerprint density at radius 1 is 1.50 bits per heavy atom. The Labute approximate surface area is 110 Å². The van der Waals surface area contributed by atoms with E-state index in [0.29, 0.717) is 12.4 Å². The Morgan fingerprint density at radius 2 is 2.33 bits per heavy atom. The van der Waals surface area contributed by atoms with Gasteiger partial charge in [-0.15, -0.1) is 0 Å². The van der Waals surface area contributed by atoms with Gasteiger partial charge in [-0.25, -0.2) is 4.99 Å². The maximum absolute atomic E-state index is 11.3. The number of carbonyl (C=O) groups excluding carboxylic acids is 1. The zero-order valence-electron chi connectivity index (χ0n) is 10.4. The Morgan fingerprint density at radius 3 is 3.06 bits per heavy atom. The van der Waals surface area contributed by atoms with Gasteiger partial charge < -0.3 is 9.47 Å². The van der Waals surface area contributed by atoms with Crippen LogP contribution in [-0.2, 0) is 16.0 Å². The van der Waals surface area contributed by atoms with E-state index in [9.17, 15) is 4.79 Å². The van der Waals surface area contributed by atoms with Crippen LogP contribution in [0, 0.1) is 0 Å². The molecule has 5 heteroatoms. The minimum atomic E-state index is -0.196. The van der Waals surface area contributed by atoms with Crippen LogP contribution >= 0.6 is 11.8 Å². The number of rotatable bonds is 4. The molecule has 1 aliphatic heterocycles. The van der Waals surface area contributed by atoms with Gasteiger partial charge >= 0.3 is 5.97 Å². The SMILES string of the molecule is CCOC(=O)CSC1=Nc2ccc(OC)cc2C1. The zero-order chi connectivity index (χ0) is 13.0. The third-order valence-corrected chi connectivity index (χ3v) is 3.48. The summed E-state index contributed by atoms with van der Waals surface area (Å²) in [6, 6.07) is 5.81. The molecule has 1 aromatic carbocycles. The van der Waals surface area contributed by atoms with E-state index in [2.05, 4.69) is 4.99 Å². The summed E-state index contributed by atoms with van der Waals surface area (Å²) in [7, 11) is 1.65. The molecular formula is C13H15NO3S. The van der Waals surface area contributed by atoms with Crippen LogP contribution in [0.4, 0.5) is 5.69 Å². The van der Waals surface area contributed by atoms with Crippen LogP contribution in [0.15, 0.2) is 23.2 Å². The van der Waals surface area contributed by atoms with Crippen LogP contribution in [0.3, 0.4) is 0 Å². The second kappa shape index (κ2) is 5.91. The molecule has 0 unspecified atom stereocenters. The number of fused-ring (bicyclic) bond motifs is 1. The van der Waals surface area contributed by atoms with Gasteiger partial charge in [0.1, 0.15) is 5.75 Å². The van der Waals surface area contributed by atoms with Crippen LogP contribution in [0.1, 0.15) is 12.5 Å². The fourth-order valence-corrected chi connectivity index (χ4v) is 2.49. The van der Waals surface area contributed by atoms with Crippen molar-refractivity contribution in [2.45, 2.75) is 13.3 Å². The maximum atomic E-state index is 11.3. The zero-order valence-corrected chi connectivity index (χ0v) is 11.3. The summed E-state index contributed by atoms with van der Waals surface area (Å²) < 4.78 is 10.1. The molecule has 0 saturated carbocycles. The molecular weight excluding hydrogens is 250 g/mol. The smallest absolute Gasteiger partial charge is 0.316 e. The highest BCUT2D eigenvalue weighted by atomic mass is 32.2. The second-order valence-corrected chi connectivity index (χ2v) is 4.82. The predicted octanol–water partition coefficient (Wildman–Crippen LogP) is 2.58. The van der Waals surface area contributed by atoms with Crippen LogP contribution in [-0.4, -0.2) is 30.5 Å². The summed E-state index contributed by atoms with van der Waals surface area (Å²) in [4.78, 5) is 15.7. The third-order valence-electron chi connectivity index (χ3n) is 2.54. The number of nitrogens with zero attached hydrogens (tertiary/aromatic N) is 1. The lowest BCUT2D eigenvalue weighted by atomic mass is 10.1. The summed E-state index contributed by atoms with van der Waals surface area (Å²) in [6.07, 6.45) is 0.761. The summed E-state index contributed by atoms with van der Waals surface area (Å²) in [5.41, 5.74) is 2.10. The largest absolute Gasteiger partial charge is 0.497 e. The van der Waals surface area contributed by atoms with Crippen molar-refractivity contribution in [2.24, 2.45) is 4.99 Å². The number of ether oxygens (including phenoxy) is 2. The van der Waals surface area contributed by atoms with Gasteiger partial charge in [0.05, 0.1) is 30.2 Å². The number of aliphatic imine (C=N–C) groups is 1. The number of benzene rings is 1. The summed E-state index contributed by atoms with van der Waals surface area (Å²) in [5, 5.41) is 0.950. The van der Waals surface area contributed by atoms with Crippen molar-refractivity contribution >= 4 is 28.5 Å². The van der Waals surface area contributed by atoms with Crippen molar-refractivity contribution in [3.05, 3.63) is 23.8 Å². The molecule has 0 spiro atoms. The summed E-state index contributed by atoms with van der Waals surface area (Å²) in [5.74, 6) is 0.956. The van der Waals surface area contributed by atoms with Gasteiger partial charge in [-0.05, 0) is 30.7 Å². The number of hydrogen-bond donors (Lipinski definition) is 0. The Hall–Kier alpha value is -1.49. The molecule has 0 radical (unpaired) electrons. The van der Waals surface area contributed by atoms with Crippen molar-refractivity contribution in [2.75, 3.05) is 19.5 Å². The number of methoxy groups -OCH3 is 1. The number of thioether (sulfide) groups is 1. The molecule has 1 heterocycles. The third kappa shape index (κ3) is 3.04. The van der Waals surface area contributed by atoms with Crippen molar-refractivity contribution < 1.29 is 14.3 Å². The molecule has 2 rings (SSSR count). The number of hydrogen-bond acceptors (Lipinski definition) is 5. The Kier molecular flexibility index (Phi) is 4.25. The summed E-state index contributed by atoms with van der Waals surface area (Å²) >= 11 is 1.44. The molecule has 18 heavy (non-hydrogen) atoms. The first-order valence-electron chi connectivity index (χ1n) is 5.76. The lowest BCUT2D eigenvalue weighted by Crippen LogP contribution is -2.08. The second-order valence-electron chi connectivity index (χ2n) is 3.77. The van der Waals surface area contributed by atoms with E-state index in [0.717, 1.165) is 28.5 Å². The molecule has 1 aliphatic rings. The Bertz CT molecular complexity index is 485. The highest BCUT2D eigenvalue weighted by Gasteiger charge is 2.17. The van der Waals surface area contributed by atoms with E-state index in [4.69, 9.17) is 9.47 Å². The fourth-order valence-electron chi connectivity index (χ4n) is 1.70. The first kappa shape index (κ1) is 13.0. The Balaban J connectivity index is 1.94. The van der Waals surface area contributed by atoms with Gasteiger partial charge in [0.25, 0.3) is 0 Å². The van der Waals surface area contributed by atoms with E-state index in [1.54, 1.807) is 14.0 Å². The lowest BCUT2D eigenvalue weighted by molar-refractivity contribution is -0.139. The normalized spacial score (nSPS) is 12.9. The maximum Gasteiger partial charge on any atom is 0.316 e. The van der Waals surface area contributed by atoms with Gasteiger partial charge in [-0.3, -0.25) is 4.79 Å². The number of esters is 1. The molecule has 0 aromatic heterocycles. The molecule has 4 nitrogen and oxygen atoms in total. The molecule has 0 bridgehead atoms. The van der Waals surface area contributed by atoms with E-state index >= 15 is 0 Å². The quantitative estimate of drug-likeness (QED) is 0.785. The molecule has 0 saturated heterocycles. The first-order valence-corrected chi connectivity index (χ1v) is 6.74. The van der Waals surface area contributed by atoms with Crippen LogP contribution in [0.5, 0.6) is 5.75 Å². The number of carbonyl (C=O) groups is 1. The van der Waals surface area contributed by atoms with Crippen molar-refractivity contribution in [1.29, 1.82) is 0 Å². The molecule has 0 atom stereocenters. The molecule has 0 fully saturated rings. The molecule has 96 valence electrons. The molecule has 0 aliphatic carbocycles. The average Bonchev–Trinajstić information content (AvgIpc) is 2.78. The van der Waals surface area contributed by atoms with Crippen LogP contribution in [0.2, 0.25) is 0 Å². The lowest BCUT2D eigenvalue weighted by Gasteiger charge is -2.02. The first-order chi connectivity index (χ1) is 8.72. The van der Waals surface area contributed by atoms with Crippen LogP contribution in [0.25, 0.3) is 0 Å². The van der Waals surface area contributed by atoms with E-state index in [-0.39, 0.29) is 5.97 Å². The van der Waals surface area contributed by atoms with E-state index < -0.39 is 0 Å². The standard InChI is InChI=1S/C13H15NO3S/c1-3-17-13(15)8-18-12-7-9-6-10(16-2)4-5-11(9)14-12/h4-6H,3,7-8H2,1-2H3. The minimum Gasteiger partial charge on any atom is -0.497 e. The minimum absolute atomic E-state index is 0.196. The van der Waals surface area contributed by atoms with Crippen LogP contribution < -0.4 is 4.74 Å². The van der Waals surface area contributed by atoms with Gasteiger partial charge in [-0.1, -0.05) is 11.8 Å². The van der Waals surface area contributed by atoms with Crippen molar-refractivity contribution in [3.63, 3.8) is 0 Å². The van der Waals surface area contributed by atoms with Gasteiger partial charge in [0.2, 0.25) is 0 Å². The molecule has 0 amide bonds. The topological polar surface area (TPSA) is 47.9 Å². The van der Waals surface area contributed by atoms with Crippen molar-refractivity contribution in [3.8, 4) is 5.75 Å². The fraction of sp³-hybridized carbons (Fsp3) is 0.385. The van der Waals surface area contributed by atoms with E-state index in [1.165, 1.54) is 11.8 Å². The van der Waals surface area contributed by atoms with Crippen molar-refractivity contribution in [1.82, 2.24) is 0 Å². The van der Waals surface area contributed by atoms with Gasteiger partial charge in [-0.2, -0.15) is 0 Å². The summed E-state index contributed by atoms with van der Waals surface area (Å²) in [6.45, 7) is 2.22. The highest BCUT2D eigenvalue weighted by molar-refractivity contribution is 8.14. The monoisotopic (exact) mass is 265 g/mol. The van der Waals surface area contributed by atoms with E-state index in [1.807, 2.05) is 18.2 Å². The molecule has 0 N–H and O–H groups in total. The predicted molar refractivity (Wildman–Crippen MR) is 72.9 cm³/mol. The van der Waals surface area contributed by atoms with Gasteiger partial charge in [0.15, 0.2) is 0 Å².